The van der Waals surface area contributed by atoms with E-state index in [1.54, 1.807) is 12.1 Å². The Balaban J connectivity index is 1.50. The topological polar surface area (TPSA) is 134 Å². The number of benzene rings is 1. The zero-order chi connectivity index (χ0) is 18.9. The average Bonchev–Trinajstić information content (AvgIpc) is 3.36. The lowest BCUT2D eigenvalue weighted by molar-refractivity contribution is -0.161. The molecule has 0 aromatic heterocycles. The standard InChI is InChI=1S/C17H26N2O6S/c1-2-14-16(21)17(10-24-17)8-12(25-14)7-15(20)19-9-11-3-5-13(6-4-11)26(18,22)23/h3-6,12,14-16,19-21H,2,7-10H2,1H3,(H2,18,22,23)/t12-,14-,15?,16-,17-/m1/s1. The van der Waals surface area contributed by atoms with Gasteiger partial charge in [-0.1, -0.05) is 19.1 Å². The molecule has 0 radical (unpaired) electrons. The van der Waals surface area contributed by atoms with Crippen LogP contribution in [0.2, 0.25) is 0 Å². The molecule has 1 unspecified atom stereocenters. The third kappa shape index (κ3) is 4.42. The first-order chi connectivity index (χ1) is 12.2. The van der Waals surface area contributed by atoms with Gasteiger partial charge < -0.3 is 19.7 Å². The van der Waals surface area contributed by atoms with Crippen molar-refractivity contribution in [3.05, 3.63) is 29.8 Å². The second-order valence-corrected chi connectivity index (χ2v) is 8.59. The van der Waals surface area contributed by atoms with Crippen molar-refractivity contribution in [2.45, 2.75) is 67.8 Å². The van der Waals surface area contributed by atoms with Gasteiger partial charge in [0.1, 0.15) is 17.9 Å². The Labute approximate surface area is 153 Å². The van der Waals surface area contributed by atoms with Gasteiger partial charge in [-0.3, -0.25) is 5.32 Å². The van der Waals surface area contributed by atoms with Gasteiger partial charge in [-0.05, 0) is 24.1 Å². The van der Waals surface area contributed by atoms with Gasteiger partial charge in [0.05, 0.1) is 23.7 Å². The molecule has 1 aromatic rings. The summed E-state index contributed by atoms with van der Waals surface area (Å²) in [5, 5.41) is 28.6. The lowest BCUT2D eigenvalue weighted by Crippen LogP contribution is -2.51. The lowest BCUT2D eigenvalue weighted by Gasteiger charge is -2.38. The quantitative estimate of drug-likeness (QED) is 0.377. The highest BCUT2D eigenvalue weighted by molar-refractivity contribution is 7.89. The minimum Gasteiger partial charge on any atom is -0.387 e. The Morgan fingerprint density at radius 1 is 1.38 bits per heavy atom. The van der Waals surface area contributed by atoms with E-state index < -0.39 is 28.0 Å². The van der Waals surface area contributed by atoms with Gasteiger partial charge in [-0.15, -0.1) is 0 Å². The van der Waals surface area contributed by atoms with Crippen molar-refractivity contribution < 1.29 is 28.1 Å². The van der Waals surface area contributed by atoms with Gasteiger partial charge in [-0.25, -0.2) is 13.6 Å². The number of epoxide rings is 1. The number of ether oxygens (including phenoxy) is 2. The van der Waals surface area contributed by atoms with Crippen LogP contribution in [0.4, 0.5) is 0 Å². The zero-order valence-electron chi connectivity index (χ0n) is 14.7. The maximum Gasteiger partial charge on any atom is 0.238 e. The van der Waals surface area contributed by atoms with Gasteiger partial charge in [0.15, 0.2) is 0 Å². The maximum absolute atomic E-state index is 11.2. The molecule has 26 heavy (non-hydrogen) atoms. The van der Waals surface area contributed by atoms with Crippen LogP contribution in [0, 0.1) is 0 Å². The summed E-state index contributed by atoms with van der Waals surface area (Å²) in [6.07, 6.45) is -0.265. The molecule has 5 atom stereocenters. The number of primary sulfonamides is 1. The van der Waals surface area contributed by atoms with Crippen molar-refractivity contribution in [1.82, 2.24) is 5.32 Å². The number of hydrogen-bond donors (Lipinski definition) is 4. The SMILES string of the molecule is CC[C@H]1O[C@H](CC(O)NCc2ccc(S(N)(=O)=O)cc2)C[C@@]2(CO2)[C@@H]1O. The summed E-state index contributed by atoms with van der Waals surface area (Å²) < 4.78 is 33.8. The second kappa shape index (κ2) is 7.51. The summed E-state index contributed by atoms with van der Waals surface area (Å²) in [5.41, 5.74) is 0.317. The van der Waals surface area contributed by atoms with Gasteiger partial charge in [0.25, 0.3) is 0 Å². The fourth-order valence-electron chi connectivity index (χ4n) is 3.42. The Morgan fingerprint density at radius 2 is 2.04 bits per heavy atom. The van der Waals surface area contributed by atoms with Crippen LogP contribution in [-0.2, 0) is 26.0 Å². The van der Waals surface area contributed by atoms with E-state index in [4.69, 9.17) is 14.6 Å². The first kappa shape index (κ1) is 19.7. The van der Waals surface area contributed by atoms with Crippen LogP contribution in [-0.4, -0.2) is 55.4 Å². The number of aliphatic hydroxyl groups is 2. The fourth-order valence-corrected chi connectivity index (χ4v) is 3.93. The Kier molecular flexibility index (Phi) is 5.69. The predicted molar refractivity (Wildman–Crippen MR) is 93.5 cm³/mol. The molecule has 1 aromatic carbocycles. The molecule has 2 aliphatic rings. The summed E-state index contributed by atoms with van der Waals surface area (Å²) >= 11 is 0. The molecule has 0 bridgehead atoms. The number of hydrogen-bond acceptors (Lipinski definition) is 7. The van der Waals surface area contributed by atoms with Gasteiger partial charge >= 0.3 is 0 Å². The van der Waals surface area contributed by atoms with Crippen LogP contribution in [0.1, 0.15) is 31.7 Å². The van der Waals surface area contributed by atoms with E-state index in [2.05, 4.69) is 5.32 Å². The van der Waals surface area contributed by atoms with Crippen molar-refractivity contribution in [3.63, 3.8) is 0 Å². The first-order valence-corrected chi connectivity index (χ1v) is 10.3. The molecule has 1 spiro atoms. The van der Waals surface area contributed by atoms with Crippen molar-refractivity contribution in [1.29, 1.82) is 0 Å². The molecule has 0 aliphatic carbocycles. The van der Waals surface area contributed by atoms with E-state index in [0.717, 1.165) is 5.56 Å². The Bertz CT molecular complexity index is 719. The van der Waals surface area contributed by atoms with Crippen molar-refractivity contribution >= 4 is 10.0 Å². The van der Waals surface area contributed by atoms with Gasteiger partial charge in [0.2, 0.25) is 10.0 Å². The third-order valence-electron chi connectivity index (χ3n) is 5.03. The summed E-state index contributed by atoms with van der Waals surface area (Å²) in [5.74, 6) is 0. The number of sulfonamides is 1. The van der Waals surface area contributed by atoms with Crippen LogP contribution in [0.25, 0.3) is 0 Å². The molecule has 2 aliphatic heterocycles. The van der Waals surface area contributed by atoms with Crippen molar-refractivity contribution in [2.24, 2.45) is 5.14 Å². The molecular formula is C17H26N2O6S. The predicted octanol–water partition coefficient (Wildman–Crippen LogP) is -0.170. The molecule has 2 saturated heterocycles. The fraction of sp³-hybridized carbons (Fsp3) is 0.647. The van der Waals surface area contributed by atoms with Crippen LogP contribution in [0.15, 0.2) is 29.2 Å². The second-order valence-electron chi connectivity index (χ2n) is 7.03. The molecule has 146 valence electrons. The van der Waals surface area contributed by atoms with Crippen molar-refractivity contribution in [3.8, 4) is 0 Å². The van der Waals surface area contributed by atoms with E-state index in [1.807, 2.05) is 6.92 Å². The molecule has 0 saturated carbocycles. The van der Waals surface area contributed by atoms with E-state index >= 15 is 0 Å². The minimum atomic E-state index is -3.71. The Morgan fingerprint density at radius 3 is 2.58 bits per heavy atom. The van der Waals surface area contributed by atoms with Crippen LogP contribution < -0.4 is 10.5 Å². The van der Waals surface area contributed by atoms with Crippen LogP contribution >= 0.6 is 0 Å². The lowest BCUT2D eigenvalue weighted by atomic mass is 9.87. The van der Waals surface area contributed by atoms with E-state index in [-0.39, 0.29) is 17.1 Å². The van der Waals surface area contributed by atoms with Crippen LogP contribution in [0.3, 0.4) is 0 Å². The molecule has 9 heteroatoms. The molecule has 0 amide bonds. The number of aliphatic hydroxyl groups excluding tert-OH is 2. The largest absolute Gasteiger partial charge is 0.387 e. The number of rotatable bonds is 7. The molecule has 3 rings (SSSR count). The molecule has 2 heterocycles. The van der Waals surface area contributed by atoms with Gasteiger partial charge in [-0.2, -0.15) is 0 Å². The minimum absolute atomic E-state index is 0.0521. The molecule has 5 N–H and O–H groups in total. The van der Waals surface area contributed by atoms with Crippen molar-refractivity contribution in [2.75, 3.05) is 6.61 Å². The number of nitrogens with two attached hydrogens (primary N) is 1. The van der Waals surface area contributed by atoms with E-state index in [0.29, 0.717) is 32.4 Å². The maximum atomic E-state index is 11.2. The number of nitrogens with one attached hydrogen (secondary N) is 1. The smallest absolute Gasteiger partial charge is 0.238 e. The Hall–Kier alpha value is -1.07. The monoisotopic (exact) mass is 386 g/mol. The van der Waals surface area contributed by atoms with Gasteiger partial charge in [0, 0.05) is 19.4 Å². The first-order valence-electron chi connectivity index (χ1n) is 8.74. The highest BCUT2D eigenvalue weighted by Crippen LogP contribution is 2.43. The summed E-state index contributed by atoms with van der Waals surface area (Å²) in [7, 11) is -3.71. The van der Waals surface area contributed by atoms with Crippen LogP contribution in [0.5, 0.6) is 0 Å². The van der Waals surface area contributed by atoms with E-state index in [1.165, 1.54) is 12.1 Å². The highest BCUT2D eigenvalue weighted by Gasteiger charge is 2.58. The average molecular weight is 386 g/mol. The zero-order valence-corrected chi connectivity index (χ0v) is 15.5. The molecule has 2 fully saturated rings. The summed E-state index contributed by atoms with van der Waals surface area (Å²) in [4.78, 5) is 0.0521. The highest BCUT2D eigenvalue weighted by atomic mass is 32.2. The summed E-state index contributed by atoms with van der Waals surface area (Å²) in [6.45, 7) is 2.86. The summed E-state index contributed by atoms with van der Waals surface area (Å²) in [6, 6.07) is 6.16. The third-order valence-corrected chi connectivity index (χ3v) is 5.96. The molecular weight excluding hydrogens is 360 g/mol. The normalized spacial score (nSPS) is 32.5. The van der Waals surface area contributed by atoms with E-state index in [9.17, 15) is 18.6 Å². The molecule has 8 nitrogen and oxygen atoms in total.